The minimum Gasteiger partial charge on any atom is -0.352 e. The predicted molar refractivity (Wildman–Crippen MR) is 147 cm³/mol. The number of fused-ring (bicyclic) bond motifs is 1. The van der Waals surface area contributed by atoms with Crippen LogP contribution in [0.15, 0.2) is 66.7 Å². The molecule has 3 amide bonds. The van der Waals surface area contributed by atoms with Crippen LogP contribution in [0.2, 0.25) is 0 Å². The molecule has 0 unspecified atom stereocenters. The molecule has 1 heterocycles. The molecule has 4 aromatic rings. The Morgan fingerprint density at radius 2 is 1.29 bits per heavy atom. The Labute approximate surface area is 220 Å². The van der Waals surface area contributed by atoms with Gasteiger partial charge in [0.25, 0.3) is 5.91 Å². The van der Waals surface area contributed by atoms with Gasteiger partial charge in [-0.2, -0.15) is 0 Å². The highest BCUT2D eigenvalue weighted by Crippen LogP contribution is 2.32. The summed E-state index contributed by atoms with van der Waals surface area (Å²) >= 11 is 0. The van der Waals surface area contributed by atoms with Gasteiger partial charge in [0.2, 0.25) is 11.8 Å². The summed E-state index contributed by atoms with van der Waals surface area (Å²) in [6.45, 7) is 3.85. The van der Waals surface area contributed by atoms with Gasteiger partial charge in [0.15, 0.2) is 0 Å². The summed E-state index contributed by atoms with van der Waals surface area (Å²) in [7, 11) is 0. The second kappa shape index (κ2) is 11.8. The van der Waals surface area contributed by atoms with E-state index in [0.717, 1.165) is 22.3 Å². The molecule has 8 nitrogen and oxygen atoms in total. The normalized spacial score (nSPS) is 10.4. The van der Waals surface area contributed by atoms with Crippen LogP contribution in [0.4, 0.5) is 0 Å². The first-order valence-corrected chi connectivity index (χ1v) is 12.0. The van der Waals surface area contributed by atoms with Crippen molar-refractivity contribution >= 4 is 28.8 Å². The first-order chi connectivity index (χ1) is 18.3. The monoisotopic (exact) mass is 505 g/mol. The molecule has 3 N–H and O–H groups in total. The van der Waals surface area contributed by atoms with Crippen LogP contribution in [0.3, 0.4) is 0 Å². The average molecular weight is 506 g/mol. The Balaban J connectivity index is 1.85. The lowest BCUT2D eigenvalue weighted by molar-refractivity contribution is -0.120. The van der Waals surface area contributed by atoms with Crippen LogP contribution >= 0.6 is 0 Å². The largest absolute Gasteiger partial charge is 0.352 e. The van der Waals surface area contributed by atoms with Crippen molar-refractivity contribution in [1.82, 2.24) is 25.9 Å². The van der Waals surface area contributed by atoms with E-state index in [9.17, 15) is 14.4 Å². The molecular weight excluding hydrogens is 478 g/mol. The molecule has 0 aliphatic rings. The average Bonchev–Trinajstić information content (AvgIpc) is 2.93. The molecule has 0 fully saturated rings. The molecule has 4 rings (SSSR count). The lowest BCUT2D eigenvalue weighted by Crippen LogP contribution is -2.23. The fourth-order valence-corrected chi connectivity index (χ4v) is 3.94. The fraction of sp³-hybridized carbons (Fsp3) is 0.167. The zero-order valence-electron chi connectivity index (χ0n) is 21.2. The van der Waals surface area contributed by atoms with E-state index in [4.69, 9.17) is 16.4 Å². The number of aromatic nitrogens is 2. The maximum atomic E-state index is 12.5. The Bertz CT molecular complexity index is 1570. The zero-order valence-corrected chi connectivity index (χ0v) is 21.2. The molecule has 0 aliphatic carbocycles. The van der Waals surface area contributed by atoms with Crippen LogP contribution in [0.25, 0.3) is 33.5 Å². The van der Waals surface area contributed by atoms with Crippen LogP contribution in [-0.4, -0.2) is 34.2 Å². The lowest BCUT2D eigenvalue weighted by atomic mass is 10.00. The topological polar surface area (TPSA) is 113 Å². The van der Waals surface area contributed by atoms with E-state index >= 15 is 0 Å². The summed E-state index contributed by atoms with van der Waals surface area (Å²) in [6, 6.07) is 20.6. The maximum absolute atomic E-state index is 12.5. The van der Waals surface area contributed by atoms with Crippen LogP contribution in [-0.2, 0) is 22.7 Å². The van der Waals surface area contributed by atoms with Gasteiger partial charge in [-0.05, 0) is 41.5 Å². The highest BCUT2D eigenvalue weighted by atomic mass is 16.2. The summed E-state index contributed by atoms with van der Waals surface area (Å²) in [6.07, 6.45) is 5.27. The minimum atomic E-state index is -0.291. The molecule has 0 saturated heterocycles. The van der Waals surface area contributed by atoms with E-state index < -0.39 is 0 Å². The molecule has 0 radical (unpaired) electrons. The Morgan fingerprint density at radius 3 is 1.82 bits per heavy atom. The van der Waals surface area contributed by atoms with E-state index in [1.165, 1.54) is 13.8 Å². The molecule has 38 heavy (non-hydrogen) atoms. The van der Waals surface area contributed by atoms with Gasteiger partial charge in [0.05, 0.1) is 29.0 Å². The number of amides is 3. The summed E-state index contributed by atoms with van der Waals surface area (Å²) in [5.74, 6) is 1.87. The molecule has 0 aliphatic heterocycles. The van der Waals surface area contributed by atoms with Crippen molar-refractivity contribution in [2.24, 2.45) is 0 Å². The van der Waals surface area contributed by atoms with E-state index in [1.54, 1.807) is 18.2 Å². The van der Waals surface area contributed by atoms with Crippen molar-refractivity contribution in [2.45, 2.75) is 26.9 Å². The van der Waals surface area contributed by atoms with Gasteiger partial charge >= 0.3 is 0 Å². The van der Waals surface area contributed by atoms with E-state index in [1.807, 2.05) is 48.5 Å². The first-order valence-electron chi connectivity index (χ1n) is 12.0. The second-order valence-electron chi connectivity index (χ2n) is 8.73. The van der Waals surface area contributed by atoms with Gasteiger partial charge in [-0.25, -0.2) is 9.97 Å². The number of nitrogens with zero attached hydrogens (tertiary/aromatic N) is 2. The smallest absolute Gasteiger partial charge is 0.252 e. The Hall–Kier alpha value is -5.03. The molecule has 190 valence electrons. The maximum Gasteiger partial charge on any atom is 0.252 e. The highest BCUT2D eigenvalue weighted by Gasteiger charge is 2.16. The van der Waals surface area contributed by atoms with Gasteiger partial charge in [-0.3, -0.25) is 14.4 Å². The van der Waals surface area contributed by atoms with E-state index in [0.29, 0.717) is 41.1 Å². The van der Waals surface area contributed by atoms with Gasteiger partial charge in [-0.15, -0.1) is 6.42 Å². The van der Waals surface area contributed by atoms with E-state index in [-0.39, 0.29) is 24.3 Å². The number of carbonyl (C=O) groups is 3. The third-order valence-corrected chi connectivity index (χ3v) is 5.76. The quantitative estimate of drug-likeness (QED) is 0.317. The molecule has 0 atom stereocenters. The third-order valence-electron chi connectivity index (χ3n) is 5.76. The standard InChI is InChI=1S/C30H27N5O3/c1-4-13-31-30(38)25-11-12-26-27(16-25)35-29(24-10-6-8-22(15-24)18-33-20(3)37)28(34-26)23-9-5-7-21(14-23)17-32-19(2)36/h1,5-12,14-16H,13,17-18H2,2-3H3,(H,31,38)(H,32,36)(H,33,37). The molecule has 3 aromatic carbocycles. The third kappa shape index (κ3) is 6.39. The number of carbonyl (C=O) groups excluding carboxylic acids is 3. The molecule has 0 spiro atoms. The van der Waals surface area contributed by atoms with Crippen molar-refractivity contribution < 1.29 is 14.4 Å². The van der Waals surface area contributed by atoms with E-state index in [2.05, 4.69) is 21.9 Å². The van der Waals surface area contributed by atoms with Crippen LogP contribution in [0.5, 0.6) is 0 Å². The summed E-state index contributed by atoms with van der Waals surface area (Å²) in [5, 5.41) is 8.30. The summed E-state index contributed by atoms with van der Waals surface area (Å²) < 4.78 is 0. The Kier molecular flexibility index (Phi) is 8.09. The molecular formula is C30H27N5O3. The number of hydrogen-bond acceptors (Lipinski definition) is 5. The highest BCUT2D eigenvalue weighted by molar-refractivity contribution is 5.98. The lowest BCUT2D eigenvalue weighted by Gasteiger charge is -2.13. The number of terminal acetylenes is 1. The summed E-state index contributed by atoms with van der Waals surface area (Å²) in [5.41, 5.74) is 6.36. The van der Waals surface area contributed by atoms with Crippen molar-refractivity contribution in [3.8, 4) is 34.9 Å². The van der Waals surface area contributed by atoms with Gasteiger partial charge < -0.3 is 16.0 Å². The van der Waals surface area contributed by atoms with Crippen LogP contribution in [0.1, 0.15) is 35.3 Å². The molecule has 0 saturated carbocycles. The van der Waals surface area contributed by atoms with Gasteiger partial charge in [-0.1, -0.05) is 42.3 Å². The zero-order chi connectivity index (χ0) is 27.1. The number of rotatable bonds is 8. The van der Waals surface area contributed by atoms with Crippen molar-refractivity contribution in [3.05, 3.63) is 83.4 Å². The molecule has 8 heteroatoms. The predicted octanol–water partition coefficient (Wildman–Crippen LogP) is 3.60. The number of nitrogens with one attached hydrogen (secondary N) is 3. The second-order valence-corrected chi connectivity index (χ2v) is 8.73. The molecule has 1 aromatic heterocycles. The van der Waals surface area contributed by atoms with Crippen molar-refractivity contribution in [1.29, 1.82) is 0 Å². The van der Waals surface area contributed by atoms with Crippen LogP contribution < -0.4 is 16.0 Å². The minimum absolute atomic E-state index is 0.111. The molecule has 0 bridgehead atoms. The van der Waals surface area contributed by atoms with Gasteiger partial charge in [0, 0.05) is 43.6 Å². The first kappa shape index (κ1) is 26.0. The van der Waals surface area contributed by atoms with Crippen molar-refractivity contribution in [2.75, 3.05) is 6.54 Å². The Morgan fingerprint density at radius 1 is 0.737 bits per heavy atom. The summed E-state index contributed by atoms with van der Waals surface area (Å²) in [4.78, 5) is 45.2. The fourth-order valence-electron chi connectivity index (χ4n) is 3.94. The van der Waals surface area contributed by atoms with Crippen LogP contribution in [0, 0.1) is 12.3 Å². The van der Waals surface area contributed by atoms with Crippen molar-refractivity contribution in [3.63, 3.8) is 0 Å². The number of hydrogen-bond donors (Lipinski definition) is 3. The van der Waals surface area contributed by atoms with Gasteiger partial charge in [0.1, 0.15) is 0 Å². The SMILES string of the molecule is C#CCNC(=O)c1ccc2nc(-c3cccc(CNC(C)=O)c3)c(-c3cccc(CNC(C)=O)c3)nc2c1. The number of benzene rings is 3.